The van der Waals surface area contributed by atoms with Gasteiger partial charge in [0.2, 0.25) is 0 Å². The van der Waals surface area contributed by atoms with Crippen LogP contribution in [0.4, 0.5) is 11.6 Å². The van der Waals surface area contributed by atoms with Gasteiger partial charge in [-0.05, 0) is 0 Å². The summed E-state index contributed by atoms with van der Waals surface area (Å²) in [6, 6.07) is 1.76. The number of aromatic nitrogens is 3. The van der Waals surface area contributed by atoms with Gasteiger partial charge in [-0.15, -0.1) is 0 Å². The van der Waals surface area contributed by atoms with Gasteiger partial charge in [-0.1, -0.05) is 5.16 Å². The molecular weight excluding hydrogens is 182 g/mol. The molecule has 2 aromatic heterocycles. The van der Waals surface area contributed by atoms with Gasteiger partial charge >= 0.3 is 0 Å². The average Bonchev–Trinajstić information content (AvgIpc) is 2.69. The maximum atomic E-state index is 5.58. The zero-order chi connectivity index (χ0) is 9.80. The molecule has 14 heavy (non-hydrogen) atoms. The van der Waals surface area contributed by atoms with E-state index in [-0.39, 0.29) is 0 Å². The number of hydrogen-bond donors (Lipinski definition) is 2. The molecule has 0 saturated heterocycles. The van der Waals surface area contributed by atoms with Crippen LogP contribution >= 0.6 is 0 Å². The molecule has 0 aliphatic carbocycles. The molecule has 72 valence electrons. The second kappa shape index (κ2) is 3.73. The smallest absolute Gasteiger partial charge is 0.169 e. The van der Waals surface area contributed by atoms with Crippen molar-refractivity contribution in [2.45, 2.75) is 6.54 Å². The Kier molecular flexibility index (Phi) is 2.26. The third-order valence-corrected chi connectivity index (χ3v) is 1.65. The standard InChI is InChI=1S/C8H9N5O/c9-7-8(11-4-3-10-7)12-5-6-1-2-13-14-6/h1-4H,5H2,(H2,9,10)(H,11,12). The molecule has 6 nitrogen and oxygen atoms in total. The molecule has 0 aliphatic rings. The van der Waals surface area contributed by atoms with Crippen molar-refractivity contribution in [2.24, 2.45) is 0 Å². The van der Waals surface area contributed by atoms with Crippen LogP contribution < -0.4 is 11.1 Å². The lowest BCUT2D eigenvalue weighted by Gasteiger charge is -2.03. The van der Waals surface area contributed by atoms with Crippen LogP contribution in [-0.4, -0.2) is 15.1 Å². The molecule has 6 heteroatoms. The third-order valence-electron chi connectivity index (χ3n) is 1.65. The summed E-state index contributed by atoms with van der Waals surface area (Å²) in [7, 11) is 0. The Morgan fingerprint density at radius 2 is 2.14 bits per heavy atom. The van der Waals surface area contributed by atoms with Crippen LogP contribution in [0.5, 0.6) is 0 Å². The molecule has 2 aromatic rings. The van der Waals surface area contributed by atoms with Gasteiger partial charge in [0, 0.05) is 18.5 Å². The van der Waals surface area contributed by atoms with E-state index in [1.165, 1.54) is 6.20 Å². The maximum absolute atomic E-state index is 5.58. The highest BCUT2D eigenvalue weighted by Gasteiger charge is 2.01. The first-order chi connectivity index (χ1) is 6.86. The summed E-state index contributed by atoms with van der Waals surface area (Å²) in [5.74, 6) is 1.63. The minimum Gasteiger partial charge on any atom is -0.381 e. The predicted molar refractivity (Wildman–Crippen MR) is 50.3 cm³/mol. The lowest BCUT2D eigenvalue weighted by Crippen LogP contribution is -2.04. The van der Waals surface area contributed by atoms with Crippen LogP contribution in [0.1, 0.15) is 5.76 Å². The van der Waals surface area contributed by atoms with E-state index in [4.69, 9.17) is 10.3 Å². The molecule has 0 bridgehead atoms. The number of hydrogen-bond acceptors (Lipinski definition) is 6. The molecule has 2 rings (SSSR count). The van der Waals surface area contributed by atoms with Gasteiger partial charge in [0.1, 0.15) is 0 Å². The van der Waals surface area contributed by atoms with Crippen LogP contribution in [0.2, 0.25) is 0 Å². The fraction of sp³-hybridized carbons (Fsp3) is 0.125. The van der Waals surface area contributed by atoms with Crippen molar-refractivity contribution < 1.29 is 4.52 Å². The monoisotopic (exact) mass is 191 g/mol. The Labute approximate surface area is 80.1 Å². The van der Waals surface area contributed by atoms with E-state index < -0.39 is 0 Å². The van der Waals surface area contributed by atoms with E-state index >= 15 is 0 Å². The van der Waals surface area contributed by atoms with Crippen LogP contribution in [0.15, 0.2) is 29.2 Å². The number of nitrogen functional groups attached to an aromatic ring is 1. The molecule has 0 unspecified atom stereocenters. The van der Waals surface area contributed by atoms with Crippen LogP contribution in [0.3, 0.4) is 0 Å². The Hall–Kier alpha value is -2.11. The normalized spacial score (nSPS) is 10.0. The molecule has 0 amide bonds. The second-order valence-electron chi connectivity index (χ2n) is 2.62. The van der Waals surface area contributed by atoms with Crippen molar-refractivity contribution >= 4 is 11.6 Å². The summed E-state index contributed by atoms with van der Waals surface area (Å²) < 4.78 is 4.89. The number of anilines is 2. The summed E-state index contributed by atoms with van der Waals surface area (Å²) in [6.45, 7) is 0.489. The highest BCUT2D eigenvalue weighted by Crippen LogP contribution is 2.10. The molecule has 3 N–H and O–H groups in total. The first-order valence-electron chi connectivity index (χ1n) is 4.06. The van der Waals surface area contributed by atoms with Crippen LogP contribution in [0, 0.1) is 0 Å². The molecule has 0 fully saturated rings. The highest BCUT2D eigenvalue weighted by atomic mass is 16.5. The van der Waals surface area contributed by atoms with Gasteiger partial charge in [-0.2, -0.15) is 0 Å². The van der Waals surface area contributed by atoms with Crippen LogP contribution in [0.25, 0.3) is 0 Å². The lowest BCUT2D eigenvalue weighted by molar-refractivity contribution is 0.388. The number of nitrogens with zero attached hydrogens (tertiary/aromatic N) is 3. The first kappa shape index (κ1) is 8.49. The zero-order valence-corrected chi connectivity index (χ0v) is 7.34. The maximum Gasteiger partial charge on any atom is 0.169 e. The molecule has 0 saturated carbocycles. The van der Waals surface area contributed by atoms with E-state index in [9.17, 15) is 0 Å². The van der Waals surface area contributed by atoms with E-state index in [2.05, 4.69) is 20.4 Å². The largest absolute Gasteiger partial charge is 0.381 e. The van der Waals surface area contributed by atoms with Gasteiger partial charge < -0.3 is 15.6 Å². The Morgan fingerprint density at radius 1 is 1.29 bits per heavy atom. The van der Waals surface area contributed by atoms with Crippen molar-refractivity contribution in [2.75, 3.05) is 11.1 Å². The fourth-order valence-corrected chi connectivity index (χ4v) is 0.989. The topological polar surface area (TPSA) is 89.9 Å². The molecular formula is C8H9N5O. The SMILES string of the molecule is Nc1nccnc1NCc1ccno1. The molecule has 0 radical (unpaired) electrons. The highest BCUT2D eigenvalue weighted by molar-refractivity contribution is 5.54. The number of rotatable bonds is 3. The molecule has 0 atom stereocenters. The van der Waals surface area contributed by atoms with Crippen LogP contribution in [-0.2, 0) is 6.54 Å². The van der Waals surface area contributed by atoms with Crippen molar-refractivity contribution in [1.29, 1.82) is 0 Å². The minimum atomic E-state index is 0.368. The number of nitrogens with two attached hydrogens (primary N) is 1. The van der Waals surface area contributed by atoms with Crippen molar-refractivity contribution in [3.05, 3.63) is 30.4 Å². The van der Waals surface area contributed by atoms with Crippen molar-refractivity contribution in [1.82, 2.24) is 15.1 Å². The Morgan fingerprint density at radius 3 is 2.86 bits per heavy atom. The van der Waals surface area contributed by atoms with E-state index in [0.717, 1.165) is 5.76 Å². The summed E-state index contributed by atoms with van der Waals surface area (Å²) in [6.07, 6.45) is 4.69. The van der Waals surface area contributed by atoms with Gasteiger partial charge in [0.15, 0.2) is 17.4 Å². The quantitative estimate of drug-likeness (QED) is 0.740. The molecule has 2 heterocycles. The van der Waals surface area contributed by atoms with Gasteiger partial charge in [-0.25, -0.2) is 9.97 Å². The van der Waals surface area contributed by atoms with E-state index in [0.29, 0.717) is 18.2 Å². The first-order valence-corrected chi connectivity index (χ1v) is 4.06. The second-order valence-corrected chi connectivity index (χ2v) is 2.62. The van der Waals surface area contributed by atoms with Gasteiger partial charge in [0.25, 0.3) is 0 Å². The van der Waals surface area contributed by atoms with E-state index in [1.807, 2.05) is 0 Å². The van der Waals surface area contributed by atoms with Gasteiger partial charge in [-0.3, -0.25) is 0 Å². The average molecular weight is 191 g/mol. The number of nitrogens with one attached hydrogen (secondary N) is 1. The predicted octanol–water partition coefficient (Wildman–Crippen LogP) is 0.659. The van der Waals surface area contributed by atoms with Gasteiger partial charge in [0.05, 0.1) is 12.7 Å². The van der Waals surface area contributed by atoms with Crippen molar-refractivity contribution in [3.8, 4) is 0 Å². The third kappa shape index (κ3) is 1.79. The molecule has 0 spiro atoms. The summed E-state index contributed by atoms with van der Waals surface area (Å²) in [5, 5.41) is 6.56. The Bertz CT molecular complexity index is 400. The molecule has 0 aromatic carbocycles. The van der Waals surface area contributed by atoms with Crippen molar-refractivity contribution in [3.63, 3.8) is 0 Å². The van der Waals surface area contributed by atoms with E-state index in [1.54, 1.807) is 18.5 Å². The molecule has 0 aliphatic heterocycles. The lowest BCUT2D eigenvalue weighted by atomic mass is 10.4. The summed E-state index contributed by atoms with van der Waals surface area (Å²) in [5.41, 5.74) is 5.58. The fourth-order valence-electron chi connectivity index (χ4n) is 0.989. The minimum absolute atomic E-state index is 0.368. The summed E-state index contributed by atoms with van der Waals surface area (Å²) >= 11 is 0. The zero-order valence-electron chi connectivity index (χ0n) is 7.34. The summed E-state index contributed by atoms with van der Waals surface area (Å²) in [4.78, 5) is 7.90. The Balaban J connectivity index is 2.02.